The number of nitrogens with zero attached hydrogens (tertiary/aromatic N) is 2. The van der Waals surface area contributed by atoms with Gasteiger partial charge in [0.15, 0.2) is 0 Å². The minimum Gasteiger partial charge on any atom is -0.233 e. The van der Waals surface area contributed by atoms with Crippen molar-refractivity contribution < 1.29 is 0 Å². The van der Waals surface area contributed by atoms with Crippen LogP contribution in [0, 0.1) is 6.92 Å². The topological polar surface area (TPSA) is 15.6 Å². The van der Waals surface area contributed by atoms with Crippen LogP contribution in [0.15, 0.2) is 47.4 Å². The zero-order chi connectivity index (χ0) is 12.1. The van der Waals surface area contributed by atoms with Crippen molar-refractivity contribution in [2.75, 3.05) is 5.01 Å². The first kappa shape index (κ1) is 11.7. The normalized spacial score (nSPS) is 14.0. The third-order valence-electron chi connectivity index (χ3n) is 2.77. The zero-order valence-electron chi connectivity index (χ0n) is 10.5. The fraction of sp³-hybridized carbons (Fsp3) is 0.333. The maximum atomic E-state index is 4.60. The van der Waals surface area contributed by atoms with E-state index in [2.05, 4.69) is 48.9 Å². The van der Waals surface area contributed by atoms with Crippen molar-refractivity contribution in [3.63, 3.8) is 0 Å². The van der Waals surface area contributed by atoms with Crippen LogP contribution < -0.4 is 5.01 Å². The summed E-state index contributed by atoms with van der Waals surface area (Å²) in [4.78, 5) is 0. The molecule has 0 bridgehead atoms. The summed E-state index contributed by atoms with van der Waals surface area (Å²) in [5.41, 5.74) is 6.61. The molecule has 17 heavy (non-hydrogen) atoms. The van der Waals surface area contributed by atoms with Gasteiger partial charge in [-0.1, -0.05) is 36.8 Å². The fourth-order valence-corrected chi connectivity index (χ4v) is 1.71. The quantitative estimate of drug-likeness (QED) is 0.708. The van der Waals surface area contributed by atoms with Crippen LogP contribution in [-0.4, -0.2) is 5.71 Å². The molecule has 0 fully saturated rings. The van der Waals surface area contributed by atoms with Gasteiger partial charge in [0.05, 0.1) is 17.6 Å². The van der Waals surface area contributed by atoms with Crippen LogP contribution in [-0.2, 0) is 0 Å². The van der Waals surface area contributed by atoms with E-state index >= 15 is 0 Å². The molecule has 0 amide bonds. The number of hydrogen-bond acceptors (Lipinski definition) is 2. The maximum Gasteiger partial charge on any atom is 0.0710 e. The summed E-state index contributed by atoms with van der Waals surface area (Å²) >= 11 is 0. The van der Waals surface area contributed by atoms with E-state index in [9.17, 15) is 0 Å². The van der Waals surface area contributed by atoms with Gasteiger partial charge in [0.2, 0.25) is 0 Å². The Balaban J connectivity index is 2.15. The summed E-state index contributed by atoms with van der Waals surface area (Å²) in [5, 5.41) is 6.49. The van der Waals surface area contributed by atoms with Crippen LogP contribution in [0.25, 0.3) is 0 Å². The monoisotopic (exact) mass is 226 g/mol. The van der Waals surface area contributed by atoms with Crippen LogP contribution in [0.4, 0.5) is 5.69 Å². The minimum atomic E-state index is 1.03. The van der Waals surface area contributed by atoms with Crippen molar-refractivity contribution in [2.45, 2.75) is 33.1 Å². The molecule has 88 valence electrons. The smallest absolute Gasteiger partial charge is 0.0710 e. The van der Waals surface area contributed by atoms with Gasteiger partial charge in [-0.05, 0) is 31.9 Å². The first-order valence-electron chi connectivity index (χ1n) is 6.15. The van der Waals surface area contributed by atoms with Crippen molar-refractivity contribution in [2.24, 2.45) is 5.10 Å². The molecule has 0 N–H and O–H groups in total. The fourth-order valence-electron chi connectivity index (χ4n) is 1.71. The van der Waals surface area contributed by atoms with E-state index in [0.717, 1.165) is 17.8 Å². The van der Waals surface area contributed by atoms with Gasteiger partial charge in [-0.15, -0.1) is 0 Å². The molecular weight excluding hydrogens is 208 g/mol. The molecule has 1 aliphatic heterocycles. The summed E-state index contributed by atoms with van der Waals surface area (Å²) in [6.45, 7) is 4.28. The lowest BCUT2D eigenvalue weighted by molar-refractivity contribution is 0.831. The predicted octanol–water partition coefficient (Wildman–Crippen LogP) is 4.03. The van der Waals surface area contributed by atoms with Gasteiger partial charge in [0, 0.05) is 6.08 Å². The Morgan fingerprint density at radius 1 is 1.24 bits per heavy atom. The van der Waals surface area contributed by atoms with Crippen molar-refractivity contribution in [1.82, 2.24) is 0 Å². The van der Waals surface area contributed by atoms with Gasteiger partial charge in [-0.25, -0.2) is 5.01 Å². The Morgan fingerprint density at radius 2 is 2.00 bits per heavy atom. The van der Waals surface area contributed by atoms with E-state index in [1.54, 1.807) is 0 Å². The molecule has 1 aromatic rings. The lowest BCUT2D eigenvalue weighted by Crippen LogP contribution is -2.13. The van der Waals surface area contributed by atoms with Crippen molar-refractivity contribution in [3.8, 4) is 0 Å². The standard InChI is InChI=1S/C15H18N2/c1-3-4-6-14-7-5-12-17(16-14)15-10-8-13(2)9-11-15/h7-12H,3-4,6H2,1-2H3. The summed E-state index contributed by atoms with van der Waals surface area (Å²) in [5.74, 6) is 0. The van der Waals surface area contributed by atoms with E-state index in [0.29, 0.717) is 0 Å². The van der Waals surface area contributed by atoms with E-state index in [1.165, 1.54) is 18.4 Å². The number of allylic oxidation sites excluding steroid dienone is 1. The molecule has 0 saturated heterocycles. The summed E-state index contributed by atoms with van der Waals surface area (Å²) < 4.78 is 0. The molecule has 0 spiro atoms. The lowest BCUT2D eigenvalue weighted by Gasteiger charge is -2.17. The van der Waals surface area contributed by atoms with Crippen LogP contribution in [0.2, 0.25) is 0 Å². The molecule has 0 radical (unpaired) electrons. The summed E-state index contributed by atoms with van der Waals surface area (Å²) in [6, 6.07) is 8.37. The highest BCUT2D eigenvalue weighted by Crippen LogP contribution is 2.18. The van der Waals surface area contributed by atoms with E-state index < -0.39 is 0 Å². The molecule has 1 aromatic carbocycles. The average molecular weight is 226 g/mol. The van der Waals surface area contributed by atoms with Crippen LogP contribution in [0.1, 0.15) is 31.7 Å². The number of hydrogen-bond donors (Lipinski definition) is 0. The van der Waals surface area contributed by atoms with Crippen molar-refractivity contribution >= 4 is 11.4 Å². The van der Waals surface area contributed by atoms with Crippen LogP contribution in [0.3, 0.4) is 0 Å². The van der Waals surface area contributed by atoms with Gasteiger partial charge in [0.1, 0.15) is 0 Å². The van der Waals surface area contributed by atoms with Crippen LogP contribution >= 0.6 is 0 Å². The highest BCUT2D eigenvalue weighted by atomic mass is 15.4. The number of unbranched alkanes of at least 4 members (excludes halogenated alkanes) is 1. The Labute approximate surface area is 103 Å². The number of benzene rings is 1. The second-order valence-electron chi connectivity index (χ2n) is 4.32. The third-order valence-corrected chi connectivity index (χ3v) is 2.77. The van der Waals surface area contributed by atoms with Gasteiger partial charge in [0.25, 0.3) is 0 Å². The molecule has 0 saturated carbocycles. The molecule has 1 heterocycles. The Morgan fingerprint density at radius 3 is 2.71 bits per heavy atom. The van der Waals surface area contributed by atoms with E-state index in [1.807, 2.05) is 17.3 Å². The lowest BCUT2D eigenvalue weighted by atomic mass is 10.1. The van der Waals surface area contributed by atoms with Crippen LogP contribution in [0.5, 0.6) is 0 Å². The van der Waals surface area contributed by atoms with Gasteiger partial charge < -0.3 is 0 Å². The molecule has 1 aliphatic rings. The highest BCUT2D eigenvalue weighted by Gasteiger charge is 2.05. The molecule has 0 atom stereocenters. The first-order chi connectivity index (χ1) is 8.29. The zero-order valence-corrected chi connectivity index (χ0v) is 10.5. The largest absolute Gasteiger partial charge is 0.233 e. The second kappa shape index (κ2) is 5.51. The summed E-state index contributed by atoms with van der Waals surface area (Å²) in [6.07, 6.45) is 7.25. The predicted molar refractivity (Wildman–Crippen MR) is 73.3 cm³/mol. The number of anilines is 1. The average Bonchev–Trinajstić information content (AvgIpc) is 2.37. The Bertz CT molecular complexity index is 462. The highest BCUT2D eigenvalue weighted by molar-refractivity contribution is 5.96. The molecule has 0 aliphatic carbocycles. The molecular formula is C15H18N2. The third kappa shape index (κ3) is 3.08. The maximum absolute atomic E-state index is 4.60. The molecule has 2 heteroatoms. The van der Waals surface area contributed by atoms with Gasteiger partial charge >= 0.3 is 0 Å². The van der Waals surface area contributed by atoms with E-state index in [-0.39, 0.29) is 0 Å². The van der Waals surface area contributed by atoms with Gasteiger partial charge in [-0.2, -0.15) is 5.10 Å². The van der Waals surface area contributed by atoms with Gasteiger partial charge in [-0.3, -0.25) is 0 Å². The number of hydrazone groups is 1. The van der Waals surface area contributed by atoms with E-state index in [4.69, 9.17) is 0 Å². The molecule has 2 rings (SSSR count). The Kier molecular flexibility index (Phi) is 3.79. The minimum absolute atomic E-state index is 1.03. The van der Waals surface area contributed by atoms with Crippen molar-refractivity contribution in [3.05, 3.63) is 47.8 Å². The molecule has 0 unspecified atom stereocenters. The SMILES string of the molecule is CCCCC1=NN(c2ccc(C)cc2)C=C=C1. The first-order valence-corrected chi connectivity index (χ1v) is 6.15. The number of rotatable bonds is 4. The second-order valence-corrected chi connectivity index (χ2v) is 4.32. The molecule has 2 nitrogen and oxygen atoms in total. The molecule has 0 aromatic heterocycles. The number of aryl methyl sites for hydroxylation is 1. The van der Waals surface area contributed by atoms with Crippen molar-refractivity contribution in [1.29, 1.82) is 0 Å². The summed E-state index contributed by atoms with van der Waals surface area (Å²) in [7, 11) is 0. The Hall–Kier alpha value is -1.79.